The Hall–Kier alpha value is -4.80. The molecule has 0 saturated heterocycles. The second-order valence-electron chi connectivity index (χ2n) is 25.3. The molecule has 5 rings (SSSR count). The van der Waals surface area contributed by atoms with E-state index in [-0.39, 0.29) is 110 Å². The molecule has 12 nitrogen and oxygen atoms in total. The fraction of sp³-hybridized carbons (Fsp3) is 0.545. The molecule has 1 aliphatic rings. The van der Waals surface area contributed by atoms with Crippen LogP contribution < -0.4 is 18.9 Å². The second-order valence-corrected chi connectivity index (χ2v) is 29.7. The highest BCUT2D eigenvalue weighted by atomic mass is 31.2. The van der Waals surface area contributed by atoms with Crippen molar-refractivity contribution < 1.29 is 55.8 Å². The number of esters is 2. The summed E-state index contributed by atoms with van der Waals surface area (Å²) >= 11 is 0. The van der Waals surface area contributed by atoms with Gasteiger partial charge in [0.1, 0.15) is 23.0 Å². The maximum atomic E-state index is 14.1. The molecule has 4 aromatic rings. The minimum atomic E-state index is -3.40. The van der Waals surface area contributed by atoms with Crippen LogP contribution in [0.1, 0.15) is 204 Å². The van der Waals surface area contributed by atoms with E-state index < -0.39 is 27.1 Å². The molecular formula is C66H94O12P2. The fourth-order valence-electron chi connectivity index (χ4n) is 9.60. The van der Waals surface area contributed by atoms with Crippen LogP contribution in [0.3, 0.4) is 0 Å². The van der Waals surface area contributed by atoms with E-state index in [0.717, 1.165) is 66.8 Å². The van der Waals surface area contributed by atoms with Crippen molar-refractivity contribution in [1.29, 1.82) is 0 Å². The Balaban J connectivity index is 2.00. The average molecular weight is 1140 g/mol. The first-order chi connectivity index (χ1) is 37.1. The molecule has 0 saturated carbocycles. The minimum Gasteiger partial charge on any atom is -0.493 e. The van der Waals surface area contributed by atoms with Gasteiger partial charge in [-0.15, -0.1) is 0 Å². The fourth-order valence-corrected chi connectivity index (χ4v) is 12.9. The molecule has 0 spiro atoms. The zero-order valence-electron chi connectivity index (χ0n) is 51.7. The minimum absolute atomic E-state index is 0.152. The summed E-state index contributed by atoms with van der Waals surface area (Å²) in [6.07, 6.45) is 2.14. The van der Waals surface area contributed by atoms with Crippen LogP contribution >= 0.6 is 15.2 Å². The van der Waals surface area contributed by atoms with Crippen molar-refractivity contribution in [3.63, 3.8) is 0 Å². The van der Waals surface area contributed by atoms with Crippen molar-refractivity contribution in [2.45, 2.75) is 185 Å². The number of hydrogen-bond donors (Lipinski definition) is 0. The smallest absolute Gasteiger partial charge is 0.338 e. The van der Waals surface area contributed by atoms with Crippen molar-refractivity contribution in [3.05, 3.63) is 140 Å². The van der Waals surface area contributed by atoms with Gasteiger partial charge in [0.05, 0.1) is 52.0 Å². The molecule has 0 fully saturated rings. The number of ether oxygens (including phenoxy) is 4. The lowest BCUT2D eigenvalue weighted by Gasteiger charge is -2.29. The van der Waals surface area contributed by atoms with Crippen LogP contribution in [-0.2, 0) is 84.2 Å². The molecule has 0 aromatic heterocycles. The second kappa shape index (κ2) is 27.1. The topological polar surface area (TPSA) is 142 Å². The first-order valence-electron chi connectivity index (χ1n) is 28.6. The Kier molecular flexibility index (Phi) is 22.3. The quantitative estimate of drug-likeness (QED) is 0.0214. The summed E-state index contributed by atoms with van der Waals surface area (Å²) in [4.78, 5) is 28.2. The number of benzene rings is 4. The van der Waals surface area contributed by atoms with Crippen molar-refractivity contribution >= 4 is 27.1 Å². The van der Waals surface area contributed by atoms with E-state index in [4.69, 9.17) is 37.0 Å². The summed E-state index contributed by atoms with van der Waals surface area (Å²) < 4.78 is 77.6. The van der Waals surface area contributed by atoms with Gasteiger partial charge in [-0.25, -0.2) is 9.59 Å². The van der Waals surface area contributed by atoms with Gasteiger partial charge < -0.3 is 37.0 Å². The highest BCUT2D eigenvalue weighted by Crippen LogP contribution is 2.50. The highest BCUT2D eigenvalue weighted by molar-refractivity contribution is 7.54. The van der Waals surface area contributed by atoms with E-state index >= 15 is 0 Å². The predicted octanol–water partition coefficient (Wildman–Crippen LogP) is 16.6. The summed E-state index contributed by atoms with van der Waals surface area (Å²) in [7, 11) is -6.80. The van der Waals surface area contributed by atoms with E-state index in [0.29, 0.717) is 35.8 Å². The van der Waals surface area contributed by atoms with Crippen molar-refractivity contribution in [2.24, 2.45) is 0 Å². The predicted molar refractivity (Wildman–Crippen MR) is 324 cm³/mol. The Bertz CT molecular complexity index is 2670. The van der Waals surface area contributed by atoms with Gasteiger partial charge in [-0.3, -0.25) is 9.13 Å². The average Bonchev–Trinajstić information content (AvgIpc) is 3.33. The van der Waals surface area contributed by atoms with E-state index in [1.165, 1.54) is 0 Å². The van der Waals surface area contributed by atoms with Gasteiger partial charge in [-0.1, -0.05) is 145 Å². The van der Waals surface area contributed by atoms with Crippen LogP contribution in [0.5, 0.6) is 23.0 Å². The van der Waals surface area contributed by atoms with Gasteiger partial charge >= 0.3 is 27.1 Å². The van der Waals surface area contributed by atoms with Crippen LogP contribution in [0.4, 0.5) is 0 Å². The molecule has 0 amide bonds. The Morgan fingerprint density at radius 3 is 0.812 bits per heavy atom. The largest absolute Gasteiger partial charge is 0.493 e. The van der Waals surface area contributed by atoms with Crippen LogP contribution in [-0.4, -0.2) is 63.9 Å². The number of rotatable bonds is 22. The molecule has 440 valence electrons. The van der Waals surface area contributed by atoms with Crippen LogP contribution in [0, 0.1) is 0 Å². The number of hydrogen-bond acceptors (Lipinski definition) is 12. The number of fused-ring (bicyclic) bond motifs is 8. The van der Waals surface area contributed by atoms with Crippen LogP contribution in [0.2, 0.25) is 0 Å². The normalized spacial score (nSPS) is 13.4. The van der Waals surface area contributed by atoms with Crippen molar-refractivity contribution in [1.82, 2.24) is 0 Å². The summed E-state index contributed by atoms with van der Waals surface area (Å²) in [6, 6.07) is 17.3. The summed E-state index contributed by atoms with van der Waals surface area (Å²) in [5.74, 6) is 0.939. The molecule has 0 atom stereocenters. The molecule has 0 radical (unpaired) electrons. The molecule has 4 aromatic carbocycles. The molecule has 1 aliphatic carbocycles. The lowest BCUT2D eigenvalue weighted by atomic mass is 9.79. The van der Waals surface area contributed by atoms with Crippen molar-refractivity contribution in [2.75, 3.05) is 52.0 Å². The molecule has 80 heavy (non-hydrogen) atoms. The molecule has 0 aliphatic heterocycles. The van der Waals surface area contributed by atoms with Gasteiger partial charge in [0.25, 0.3) is 0 Å². The third kappa shape index (κ3) is 17.6. The summed E-state index contributed by atoms with van der Waals surface area (Å²) in [6.45, 7) is 45.9. The van der Waals surface area contributed by atoms with Gasteiger partial charge in [0.2, 0.25) is 0 Å². The Morgan fingerprint density at radius 1 is 0.412 bits per heavy atom. The lowest BCUT2D eigenvalue weighted by molar-refractivity contribution is -0.131. The summed E-state index contributed by atoms with van der Waals surface area (Å²) in [5, 5.41) is 0. The maximum Gasteiger partial charge on any atom is 0.338 e. The molecular weight excluding hydrogens is 1050 g/mol. The van der Waals surface area contributed by atoms with Crippen molar-refractivity contribution in [3.8, 4) is 23.0 Å². The van der Waals surface area contributed by atoms with E-state index in [1.54, 1.807) is 41.5 Å². The molecule has 0 N–H and O–H groups in total. The Morgan fingerprint density at radius 2 is 0.625 bits per heavy atom. The third-order valence-corrected chi connectivity index (χ3v) is 18.3. The first kappa shape index (κ1) is 66.0. The van der Waals surface area contributed by atoms with Gasteiger partial charge in [-0.2, -0.15) is 0 Å². The van der Waals surface area contributed by atoms with Crippen LogP contribution in [0.25, 0.3) is 0 Å². The number of carbonyl (C=O) groups excluding carboxylic acids is 2. The Labute approximate surface area is 480 Å². The third-order valence-electron chi connectivity index (χ3n) is 14.0. The van der Waals surface area contributed by atoms with Gasteiger partial charge in [0, 0.05) is 59.1 Å². The first-order valence-corrected chi connectivity index (χ1v) is 32.0. The monoisotopic (exact) mass is 1140 g/mol. The standard InChI is InChI=1S/C66H94O12P2/c1-21-73-79(69,74-22-2)29-25-27-71-57-45-31-49-39-55(65(15,16)17)41-51(59(49)77-61(67)43(5)6)33-47-37-54(64(12,13)14)38-48(58(47)72-28-26-30-80(70,75-23-3)76-24-4)34-52-42-56(66(18,19)20)40-50(60(52)78-62(68)44(7)8)32-46(57)36-53(35-45)63(9,10)11/h35-42H,5,7,21-34H2,1-4,6,8-20H3. The van der Waals surface area contributed by atoms with Gasteiger partial charge in [-0.05, 0) is 121 Å². The molecule has 0 unspecified atom stereocenters. The maximum absolute atomic E-state index is 14.1. The molecule has 14 heteroatoms. The van der Waals surface area contributed by atoms with E-state index in [2.05, 4.69) is 145 Å². The lowest BCUT2D eigenvalue weighted by Crippen LogP contribution is -2.19. The molecule has 8 bridgehead atoms. The van der Waals surface area contributed by atoms with Crippen LogP contribution in [0.15, 0.2) is 72.8 Å². The SMILES string of the molecule is C=C(C)C(=O)Oc1c2cc(C(C)(C)C)cc1Cc1cc(C(C)(C)C)cc(c1OCCCP(=O)(OCC)OCC)Cc1cc(C(C)(C)C)cc(c1OC(=O)C(=C)C)Cc1cc(C(C)(C)C)cc(c1OCCCP(=O)(OCC)OCC)C2. The highest BCUT2D eigenvalue weighted by Gasteiger charge is 2.32. The number of carbonyl (C=O) groups is 2. The van der Waals surface area contributed by atoms with E-state index in [1.807, 2.05) is 0 Å². The summed E-state index contributed by atoms with van der Waals surface area (Å²) in [5.41, 5.74) is 9.64. The zero-order valence-corrected chi connectivity index (χ0v) is 53.5. The van der Waals surface area contributed by atoms with Gasteiger partial charge in [0.15, 0.2) is 0 Å². The zero-order chi connectivity index (χ0) is 59.8. The molecule has 0 heterocycles. The van der Waals surface area contributed by atoms with E-state index in [9.17, 15) is 18.7 Å².